The quantitative estimate of drug-likeness (QED) is 0.247. The van der Waals surface area contributed by atoms with Crippen molar-refractivity contribution in [3.05, 3.63) is 54.6 Å². The first kappa shape index (κ1) is 23.1. The van der Waals surface area contributed by atoms with E-state index >= 15 is 4.39 Å². The summed E-state index contributed by atoms with van der Waals surface area (Å²) in [5, 5.41) is 8.36. The molecule has 0 spiro atoms. The molecule has 6 rings (SSSR count). The zero-order valence-corrected chi connectivity index (χ0v) is 21.4. The number of thiol groups is 1. The third kappa shape index (κ3) is 4.27. The summed E-state index contributed by atoms with van der Waals surface area (Å²) in [6, 6.07) is 9.80. The zero-order valence-electron chi connectivity index (χ0n) is 19.7. The first-order valence-corrected chi connectivity index (χ1v) is 12.8. The Morgan fingerprint density at radius 1 is 1.14 bits per heavy atom. The van der Waals surface area contributed by atoms with E-state index in [4.69, 9.17) is 17.4 Å². The molecule has 3 aromatic heterocycles. The van der Waals surface area contributed by atoms with Crippen molar-refractivity contribution in [1.29, 1.82) is 0 Å². The van der Waals surface area contributed by atoms with E-state index in [1.54, 1.807) is 22.2 Å². The summed E-state index contributed by atoms with van der Waals surface area (Å²) in [4.78, 5) is 14.1. The minimum absolute atomic E-state index is 0.250. The predicted octanol–water partition coefficient (Wildman–Crippen LogP) is 5.06. The van der Waals surface area contributed by atoms with Gasteiger partial charge in [-0.3, -0.25) is 4.68 Å². The molecule has 1 N–H and O–H groups in total. The number of aryl methyl sites for hydroxylation is 1. The molecule has 1 fully saturated rings. The minimum atomic E-state index is -1.28. The minimum Gasteiger partial charge on any atom is -0.473 e. The summed E-state index contributed by atoms with van der Waals surface area (Å²) in [6.07, 6.45) is 4.37. The Morgan fingerprint density at radius 3 is 2.83 bits per heavy atom. The van der Waals surface area contributed by atoms with Gasteiger partial charge < -0.3 is 15.0 Å². The van der Waals surface area contributed by atoms with Crippen LogP contribution in [0.25, 0.3) is 32.2 Å². The van der Waals surface area contributed by atoms with Crippen LogP contribution in [0.3, 0.4) is 0 Å². The number of halogens is 1. The largest absolute Gasteiger partial charge is 0.473 e. The zero-order chi connectivity index (χ0) is 24.9. The number of alkyl halides is 1. The fraction of sp³-hybridized carbons (Fsp3) is 0.280. The van der Waals surface area contributed by atoms with Crippen molar-refractivity contribution in [3.8, 4) is 16.9 Å². The topological polar surface area (TPSA) is 81.0 Å². The van der Waals surface area contributed by atoms with Gasteiger partial charge in [0.25, 0.3) is 0 Å². The van der Waals surface area contributed by atoms with Crippen molar-refractivity contribution >= 4 is 56.6 Å². The molecular weight excluding hydrogens is 497 g/mol. The van der Waals surface area contributed by atoms with Crippen LogP contribution in [0.2, 0.25) is 0 Å². The van der Waals surface area contributed by atoms with Gasteiger partial charge in [-0.15, -0.1) is 24.0 Å². The number of thiazole rings is 1. The van der Waals surface area contributed by atoms with Crippen molar-refractivity contribution in [3.63, 3.8) is 0 Å². The van der Waals surface area contributed by atoms with E-state index in [0.717, 1.165) is 27.0 Å². The van der Waals surface area contributed by atoms with Crippen LogP contribution >= 0.6 is 24.0 Å². The summed E-state index contributed by atoms with van der Waals surface area (Å²) in [6.45, 7) is 0.931. The van der Waals surface area contributed by atoms with Gasteiger partial charge in [-0.2, -0.15) is 5.10 Å². The summed E-state index contributed by atoms with van der Waals surface area (Å²) >= 11 is 6.28. The Labute approximate surface area is 216 Å². The van der Waals surface area contributed by atoms with Gasteiger partial charge >= 0.3 is 0 Å². The van der Waals surface area contributed by atoms with Gasteiger partial charge in [-0.05, 0) is 42.9 Å². The normalized spacial score (nSPS) is 20.7. The van der Waals surface area contributed by atoms with E-state index in [-0.39, 0.29) is 6.54 Å². The molecule has 184 valence electrons. The number of hydrogen-bond donors (Lipinski definition) is 2. The van der Waals surface area contributed by atoms with E-state index in [0.29, 0.717) is 35.4 Å². The SMILES string of the molecule is CN1CC[C@@](S)(Oc2cc(-c3cnn(C)c3)cc3ncnc(Nc4ccc5ncsc5c4)c23)[C@@H](F)C1. The van der Waals surface area contributed by atoms with Crippen LogP contribution in [0.4, 0.5) is 15.9 Å². The van der Waals surface area contributed by atoms with Gasteiger partial charge in [0.2, 0.25) is 0 Å². The summed E-state index contributed by atoms with van der Waals surface area (Å²) in [7, 11) is 3.76. The van der Waals surface area contributed by atoms with Crippen LogP contribution in [0.15, 0.2) is 54.6 Å². The number of aromatic nitrogens is 5. The Kier molecular flexibility index (Phi) is 5.78. The Balaban J connectivity index is 1.48. The number of ether oxygens (including phenoxy) is 1. The maximum Gasteiger partial charge on any atom is 0.185 e. The summed E-state index contributed by atoms with van der Waals surface area (Å²) in [5.74, 6) is 1.03. The second-order valence-corrected chi connectivity index (χ2v) is 10.7. The highest BCUT2D eigenvalue weighted by Gasteiger charge is 2.42. The third-order valence-electron chi connectivity index (χ3n) is 6.43. The molecule has 8 nitrogen and oxygen atoms in total. The summed E-state index contributed by atoms with van der Waals surface area (Å²) < 4.78 is 24.5. The highest BCUT2D eigenvalue weighted by atomic mass is 32.1. The van der Waals surface area contributed by atoms with E-state index in [2.05, 4.69) is 25.4 Å². The first-order valence-electron chi connectivity index (χ1n) is 11.5. The van der Waals surface area contributed by atoms with Crippen LogP contribution in [0.1, 0.15) is 6.42 Å². The average molecular weight is 522 g/mol. The number of hydrogen-bond acceptors (Lipinski definition) is 9. The lowest BCUT2D eigenvalue weighted by Crippen LogP contribution is -2.52. The highest BCUT2D eigenvalue weighted by Crippen LogP contribution is 2.41. The standard InChI is InChI=1S/C25H24FN7OS2/c1-32-6-5-25(35,22(26)12-32)34-20-8-15(16-10-30-33(2)11-16)7-19-23(20)24(28-13-27-19)31-17-3-4-18-21(9-17)36-14-29-18/h3-4,7-11,13-14,22,35H,5-6,12H2,1-2H3,(H,27,28,31)/t22-,25-/m0/s1. The second-order valence-electron chi connectivity index (χ2n) is 9.08. The molecule has 0 saturated carbocycles. The van der Waals surface area contributed by atoms with Crippen LogP contribution in [0.5, 0.6) is 5.75 Å². The smallest absolute Gasteiger partial charge is 0.185 e. The molecule has 5 aromatic rings. The van der Waals surface area contributed by atoms with Crippen LogP contribution < -0.4 is 10.1 Å². The number of rotatable bonds is 5. The van der Waals surface area contributed by atoms with E-state index in [1.165, 1.54) is 6.33 Å². The number of nitrogens with one attached hydrogen (secondary N) is 1. The van der Waals surface area contributed by atoms with Gasteiger partial charge in [0.15, 0.2) is 11.1 Å². The van der Waals surface area contributed by atoms with Crippen LogP contribution in [0, 0.1) is 0 Å². The number of benzene rings is 2. The number of anilines is 2. The third-order valence-corrected chi connectivity index (χ3v) is 7.82. The fourth-order valence-electron chi connectivity index (χ4n) is 4.46. The maximum atomic E-state index is 15.3. The molecular formula is C25H24FN7OS2. The molecule has 11 heteroatoms. The molecule has 1 saturated heterocycles. The molecule has 2 aromatic carbocycles. The monoisotopic (exact) mass is 521 g/mol. The van der Waals surface area contributed by atoms with Crippen molar-refractivity contribution < 1.29 is 9.13 Å². The van der Waals surface area contributed by atoms with Crippen molar-refractivity contribution in [1.82, 2.24) is 29.6 Å². The van der Waals surface area contributed by atoms with Gasteiger partial charge in [0, 0.05) is 44.0 Å². The van der Waals surface area contributed by atoms with Crippen LogP contribution in [-0.4, -0.2) is 60.9 Å². The van der Waals surface area contributed by atoms with Crippen molar-refractivity contribution in [2.24, 2.45) is 7.05 Å². The molecule has 0 radical (unpaired) electrons. The lowest BCUT2D eigenvalue weighted by molar-refractivity contribution is 0.00857. The summed E-state index contributed by atoms with van der Waals surface area (Å²) in [5.41, 5.74) is 6.06. The Hall–Kier alpha value is -3.28. The molecule has 0 unspecified atom stereocenters. The number of nitrogens with zero attached hydrogens (tertiary/aromatic N) is 6. The Morgan fingerprint density at radius 2 is 2.03 bits per heavy atom. The van der Waals surface area contributed by atoms with Crippen molar-refractivity contribution in [2.45, 2.75) is 17.5 Å². The lowest BCUT2D eigenvalue weighted by Gasteiger charge is -2.40. The van der Waals surface area contributed by atoms with Gasteiger partial charge in [-0.1, -0.05) is 0 Å². The molecule has 0 aliphatic carbocycles. The second kappa shape index (κ2) is 8.99. The van der Waals surface area contributed by atoms with E-state index < -0.39 is 11.1 Å². The average Bonchev–Trinajstić information content (AvgIpc) is 3.50. The Bertz CT molecular complexity index is 1570. The van der Waals surface area contributed by atoms with Gasteiger partial charge in [0.1, 0.15) is 17.9 Å². The predicted molar refractivity (Wildman–Crippen MR) is 144 cm³/mol. The van der Waals surface area contributed by atoms with E-state index in [9.17, 15) is 0 Å². The van der Waals surface area contributed by atoms with E-state index in [1.807, 2.05) is 61.0 Å². The number of likely N-dealkylation sites (tertiary alicyclic amines) is 1. The van der Waals surface area contributed by atoms with Gasteiger partial charge in [-0.25, -0.2) is 19.3 Å². The highest BCUT2D eigenvalue weighted by molar-refractivity contribution is 7.81. The van der Waals surface area contributed by atoms with Crippen LogP contribution in [-0.2, 0) is 7.05 Å². The molecule has 0 amide bonds. The fourth-order valence-corrected chi connectivity index (χ4v) is 5.45. The van der Waals surface area contributed by atoms with Crippen molar-refractivity contribution in [2.75, 3.05) is 25.5 Å². The molecule has 2 atom stereocenters. The molecule has 1 aliphatic rings. The number of piperidine rings is 1. The molecule has 0 bridgehead atoms. The molecule has 36 heavy (non-hydrogen) atoms. The maximum absolute atomic E-state index is 15.3. The lowest BCUT2D eigenvalue weighted by atomic mass is 10.0. The van der Waals surface area contributed by atoms with Gasteiger partial charge in [0.05, 0.1) is 32.8 Å². The number of fused-ring (bicyclic) bond motifs is 2. The molecule has 4 heterocycles. The first-order chi connectivity index (χ1) is 17.4. The molecule has 1 aliphatic heterocycles.